The van der Waals surface area contributed by atoms with E-state index in [9.17, 15) is 4.79 Å². The molecule has 0 aromatic heterocycles. The van der Waals surface area contributed by atoms with Gasteiger partial charge in [-0.25, -0.2) is 4.79 Å². The van der Waals surface area contributed by atoms with Gasteiger partial charge in [-0.2, -0.15) is 0 Å². The number of ether oxygens (including phenoxy) is 1. The lowest BCUT2D eigenvalue weighted by Gasteiger charge is -2.41. The van der Waals surface area contributed by atoms with Gasteiger partial charge in [0, 0.05) is 29.8 Å². The summed E-state index contributed by atoms with van der Waals surface area (Å²) in [6.07, 6.45) is 3.43. The molecule has 20 heavy (non-hydrogen) atoms. The predicted octanol–water partition coefficient (Wildman–Crippen LogP) is 3.59. The van der Waals surface area contributed by atoms with Crippen molar-refractivity contribution in [1.82, 2.24) is 5.32 Å². The van der Waals surface area contributed by atoms with Crippen LogP contribution in [0.4, 0.5) is 10.5 Å². The maximum Gasteiger partial charge on any atom is 0.319 e. The molecule has 1 aliphatic carbocycles. The number of urea groups is 1. The van der Waals surface area contributed by atoms with Crippen LogP contribution in [0.1, 0.15) is 24.8 Å². The molecule has 4 nitrogen and oxygen atoms in total. The Bertz CT molecular complexity index is 487. The lowest BCUT2D eigenvalue weighted by molar-refractivity contribution is 0.0203. The third-order valence-corrected chi connectivity index (χ3v) is 4.41. The summed E-state index contributed by atoms with van der Waals surface area (Å²) in [5.41, 5.74) is 1.74. The zero-order valence-electron chi connectivity index (χ0n) is 12.0. The topological polar surface area (TPSA) is 50.4 Å². The molecule has 0 saturated heterocycles. The Hall–Kier alpha value is -1.26. The second-order valence-electron chi connectivity index (χ2n) is 5.51. The summed E-state index contributed by atoms with van der Waals surface area (Å²) >= 11 is 6.03. The minimum Gasteiger partial charge on any atom is -0.384 e. The Kier molecular flexibility index (Phi) is 4.89. The summed E-state index contributed by atoms with van der Waals surface area (Å²) in [4.78, 5) is 12.0. The number of nitrogens with one attached hydrogen (secondary N) is 2. The normalized spacial score (nSPS) is 16.4. The Morgan fingerprint density at radius 1 is 1.45 bits per heavy atom. The molecule has 0 bridgehead atoms. The molecule has 2 amide bonds. The van der Waals surface area contributed by atoms with Crippen LogP contribution in [0.25, 0.3) is 0 Å². The number of methoxy groups -OCH3 is 1. The molecule has 0 aliphatic heterocycles. The van der Waals surface area contributed by atoms with Crippen molar-refractivity contribution in [3.63, 3.8) is 0 Å². The Morgan fingerprint density at radius 2 is 2.20 bits per heavy atom. The molecule has 110 valence electrons. The molecular formula is C15H21ClN2O2. The fourth-order valence-electron chi connectivity index (χ4n) is 2.53. The third-order valence-electron chi connectivity index (χ3n) is 4.00. The molecule has 1 aromatic carbocycles. The van der Waals surface area contributed by atoms with Gasteiger partial charge in [0.2, 0.25) is 0 Å². The van der Waals surface area contributed by atoms with Crippen LogP contribution in [-0.2, 0) is 4.74 Å². The molecule has 1 saturated carbocycles. The van der Waals surface area contributed by atoms with Gasteiger partial charge in [0.1, 0.15) is 0 Å². The van der Waals surface area contributed by atoms with Crippen molar-refractivity contribution in [1.29, 1.82) is 0 Å². The molecule has 1 aliphatic rings. The zero-order chi connectivity index (χ0) is 14.6. The fourth-order valence-corrected chi connectivity index (χ4v) is 2.71. The number of carbonyl (C=O) groups excluding carboxylic acids is 1. The smallest absolute Gasteiger partial charge is 0.319 e. The number of amides is 2. The summed E-state index contributed by atoms with van der Waals surface area (Å²) < 4.78 is 5.25. The quantitative estimate of drug-likeness (QED) is 0.872. The first-order chi connectivity index (χ1) is 9.56. The Balaban J connectivity index is 1.88. The lowest BCUT2D eigenvalue weighted by Crippen LogP contribution is -2.46. The van der Waals surface area contributed by atoms with Crippen molar-refractivity contribution in [3.05, 3.63) is 28.8 Å². The van der Waals surface area contributed by atoms with E-state index in [0.29, 0.717) is 18.2 Å². The van der Waals surface area contributed by atoms with E-state index in [1.165, 1.54) is 6.42 Å². The van der Waals surface area contributed by atoms with Crippen LogP contribution in [0.15, 0.2) is 18.2 Å². The van der Waals surface area contributed by atoms with Crippen molar-refractivity contribution in [2.45, 2.75) is 26.2 Å². The highest BCUT2D eigenvalue weighted by Gasteiger charge is 2.37. The molecule has 0 radical (unpaired) electrons. The van der Waals surface area contributed by atoms with Crippen molar-refractivity contribution >= 4 is 23.3 Å². The predicted molar refractivity (Wildman–Crippen MR) is 81.4 cm³/mol. The van der Waals surface area contributed by atoms with Crippen LogP contribution < -0.4 is 10.6 Å². The maximum atomic E-state index is 12.0. The summed E-state index contributed by atoms with van der Waals surface area (Å²) in [5.74, 6) is 0. The van der Waals surface area contributed by atoms with E-state index in [4.69, 9.17) is 16.3 Å². The lowest BCUT2D eigenvalue weighted by atomic mass is 9.69. The van der Waals surface area contributed by atoms with Crippen LogP contribution in [0.5, 0.6) is 0 Å². The van der Waals surface area contributed by atoms with Crippen LogP contribution in [-0.4, -0.2) is 26.3 Å². The SMILES string of the molecule is COCC1(CNC(=O)Nc2cccc(Cl)c2C)CCC1. The van der Waals surface area contributed by atoms with Gasteiger partial charge < -0.3 is 15.4 Å². The summed E-state index contributed by atoms with van der Waals surface area (Å²) in [6.45, 7) is 3.23. The zero-order valence-corrected chi connectivity index (χ0v) is 12.7. The summed E-state index contributed by atoms with van der Waals surface area (Å²) in [6, 6.07) is 5.28. The first-order valence-electron chi connectivity index (χ1n) is 6.85. The van der Waals surface area contributed by atoms with E-state index in [1.54, 1.807) is 7.11 Å². The number of benzene rings is 1. The van der Waals surface area contributed by atoms with Gasteiger partial charge >= 0.3 is 6.03 Å². The van der Waals surface area contributed by atoms with Crippen LogP contribution in [0.3, 0.4) is 0 Å². The first kappa shape index (κ1) is 15.1. The minimum absolute atomic E-state index is 0.121. The van der Waals surface area contributed by atoms with Gasteiger partial charge in [-0.1, -0.05) is 24.1 Å². The van der Waals surface area contributed by atoms with E-state index < -0.39 is 0 Å². The van der Waals surface area contributed by atoms with E-state index in [2.05, 4.69) is 10.6 Å². The van der Waals surface area contributed by atoms with E-state index in [-0.39, 0.29) is 11.4 Å². The molecule has 0 spiro atoms. The first-order valence-corrected chi connectivity index (χ1v) is 7.23. The molecule has 1 fully saturated rings. The van der Waals surface area contributed by atoms with Crippen LogP contribution >= 0.6 is 11.6 Å². The molecule has 0 heterocycles. The van der Waals surface area contributed by atoms with E-state index in [1.807, 2.05) is 25.1 Å². The number of anilines is 1. The molecule has 2 rings (SSSR count). The van der Waals surface area contributed by atoms with E-state index in [0.717, 1.165) is 24.1 Å². The molecule has 0 atom stereocenters. The monoisotopic (exact) mass is 296 g/mol. The van der Waals surface area contributed by atoms with Gasteiger partial charge in [0.15, 0.2) is 0 Å². The third kappa shape index (κ3) is 3.44. The Labute approximate surface area is 124 Å². The standard InChI is InChI=1S/C15H21ClN2O2/c1-11-12(16)5-3-6-13(11)18-14(19)17-9-15(10-20-2)7-4-8-15/h3,5-6H,4,7-10H2,1-2H3,(H2,17,18,19). The van der Waals surface area contributed by atoms with Crippen molar-refractivity contribution < 1.29 is 9.53 Å². The molecular weight excluding hydrogens is 276 g/mol. The minimum atomic E-state index is -0.197. The average molecular weight is 297 g/mol. The maximum absolute atomic E-state index is 12.0. The van der Waals surface area contributed by atoms with Gasteiger partial charge in [-0.3, -0.25) is 0 Å². The second kappa shape index (κ2) is 6.46. The summed E-state index contributed by atoms with van der Waals surface area (Å²) in [5, 5.41) is 6.42. The highest BCUT2D eigenvalue weighted by atomic mass is 35.5. The number of hydrogen-bond donors (Lipinski definition) is 2. The van der Waals surface area contributed by atoms with E-state index >= 15 is 0 Å². The average Bonchev–Trinajstić information content (AvgIpc) is 2.38. The number of hydrogen-bond acceptors (Lipinski definition) is 2. The fraction of sp³-hybridized carbons (Fsp3) is 0.533. The molecule has 0 unspecified atom stereocenters. The molecule has 5 heteroatoms. The Morgan fingerprint density at radius 3 is 2.80 bits per heavy atom. The van der Waals surface area contributed by atoms with Gasteiger partial charge in [0.05, 0.1) is 6.61 Å². The largest absolute Gasteiger partial charge is 0.384 e. The second-order valence-corrected chi connectivity index (χ2v) is 5.91. The number of rotatable bonds is 5. The van der Waals surface area contributed by atoms with Gasteiger partial charge in [-0.15, -0.1) is 0 Å². The van der Waals surface area contributed by atoms with Gasteiger partial charge in [0.25, 0.3) is 0 Å². The highest BCUT2D eigenvalue weighted by molar-refractivity contribution is 6.31. The van der Waals surface area contributed by atoms with Gasteiger partial charge in [-0.05, 0) is 37.5 Å². The van der Waals surface area contributed by atoms with Crippen molar-refractivity contribution in [3.8, 4) is 0 Å². The molecule has 1 aromatic rings. The molecule has 2 N–H and O–H groups in total. The highest BCUT2D eigenvalue weighted by Crippen LogP contribution is 2.40. The van der Waals surface area contributed by atoms with Crippen molar-refractivity contribution in [2.75, 3.05) is 25.6 Å². The van der Waals surface area contributed by atoms with Crippen LogP contribution in [0.2, 0.25) is 5.02 Å². The van der Waals surface area contributed by atoms with Crippen molar-refractivity contribution in [2.24, 2.45) is 5.41 Å². The van der Waals surface area contributed by atoms with Crippen LogP contribution in [0, 0.1) is 12.3 Å². The summed E-state index contributed by atoms with van der Waals surface area (Å²) in [7, 11) is 1.70. The number of halogens is 1. The number of carbonyl (C=O) groups is 1.